The van der Waals surface area contributed by atoms with E-state index in [2.05, 4.69) is 25.2 Å². The van der Waals surface area contributed by atoms with Crippen LogP contribution in [0.3, 0.4) is 0 Å². The van der Waals surface area contributed by atoms with Crippen LogP contribution < -0.4 is 5.32 Å². The number of benzene rings is 3. The number of fused-ring (bicyclic) bond motifs is 1. The van der Waals surface area contributed by atoms with E-state index in [1.807, 2.05) is 37.3 Å². The number of aryl methyl sites for hydroxylation is 3. The van der Waals surface area contributed by atoms with Gasteiger partial charge in [-0.1, -0.05) is 35.9 Å². The fourth-order valence-electron chi connectivity index (χ4n) is 3.33. The van der Waals surface area contributed by atoms with E-state index in [0.717, 1.165) is 27.6 Å². The zero-order valence-corrected chi connectivity index (χ0v) is 16.6. The third-order valence-corrected chi connectivity index (χ3v) is 5.13. The maximum atomic E-state index is 14.0. The molecule has 29 heavy (non-hydrogen) atoms. The highest BCUT2D eigenvalue weighted by Gasteiger charge is 2.16. The van der Waals surface area contributed by atoms with Crippen LogP contribution in [0, 0.1) is 26.6 Å². The van der Waals surface area contributed by atoms with E-state index in [4.69, 9.17) is 4.98 Å². The van der Waals surface area contributed by atoms with Crippen LogP contribution in [0.25, 0.3) is 22.2 Å². The molecular weight excluding hydrogens is 363 g/mol. The van der Waals surface area contributed by atoms with Crippen LogP contribution in [-0.4, -0.2) is 10.9 Å². The highest BCUT2D eigenvalue weighted by atomic mass is 19.1. The number of hydrogen-bond donors (Lipinski definition) is 1. The Labute approximate surface area is 169 Å². The van der Waals surface area contributed by atoms with Crippen molar-refractivity contribution >= 4 is 22.5 Å². The van der Waals surface area contributed by atoms with Gasteiger partial charge in [0.25, 0.3) is 5.91 Å². The molecule has 0 aliphatic rings. The van der Waals surface area contributed by atoms with Crippen molar-refractivity contribution in [1.82, 2.24) is 4.98 Å². The molecule has 0 fully saturated rings. The van der Waals surface area contributed by atoms with Crippen molar-refractivity contribution in [3.8, 4) is 11.3 Å². The molecular formula is C25H21FN2O. The van der Waals surface area contributed by atoms with Gasteiger partial charge in [-0.15, -0.1) is 0 Å². The van der Waals surface area contributed by atoms with Crippen molar-refractivity contribution in [1.29, 1.82) is 0 Å². The number of nitrogens with zero attached hydrogens (tertiary/aromatic N) is 1. The topological polar surface area (TPSA) is 42.0 Å². The lowest BCUT2D eigenvalue weighted by Crippen LogP contribution is -2.14. The molecule has 0 saturated carbocycles. The van der Waals surface area contributed by atoms with Crippen molar-refractivity contribution in [3.63, 3.8) is 0 Å². The average molecular weight is 384 g/mol. The van der Waals surface area contributed by atoms with Gasteiger partial charge in [-0.3, -0.25) is 4.79 Å². The van der Waals surface area contributed by atoms with Gasteiger partial charge in [-0.2, -0.15) is 0 Å². The molecule has 3 nitrogen and oxygen atoms in total. The molecule has 0 aliphatic heterocycles. The average Bonchev–Trinajstić information content (AvgIpc) is 2.71. The minimum absolute atomic E-state index is 0.155. The van der Waals surface area contributed by atoms with Gasteiger partial charge in [0.15, 0.2) is 0 Å². The first-order valence-corrected chi connectivity index (χ1v) is 9.47. The van der Waals surface area contributed by atoms with Crippen LogP contribution in [0.5, 0.6) is 0 Å². The number of amides is 1. The molecule has 0 spiro atoms. The largest absolute Gasteiger partial charge is 0.319 e. The van der Waals surface area contributed by atoms with Crippen LogP contribution in [-0.2, 0) is 0 Å². The molecule has 0 bridgehead atoms. The molecule has 0 radical (unpaired) electrons. The Balaban J connectivity index is 1.86. The van der Waals surface area contributed by atoms with Crippen LogP contribution >= 0.6 is 0 Å². The second kappa shape index (κ2) is 7.47. The molecule has 3 aromatic carbocycles. The fourth-order valence-corrected chi connectivity index (χ4v) is 3.33. The maximum Gasteiger partial charge on any atom is 0.256 e. The third kappa shape index (κ3) is 3.74. The summed E-state index contributed by atoms with van der Waals surface area (Å²) >= 11 is 0. The van der Waals surface area contributed by atoms with Gasteiger partial charge >= 0.3 is 0 Å². The Morgan fingerprint density at radius 2 is 1.69 bits per heavy atom. The Morgan fingerprint density at radius 1 is 0.897 bits per heavy atom. The number of carbonyl (C=O) groups is 1. The molecule has 1 N–H and O–H groups in total. The molecule has 0 unspecified atom stereocenters. The zero-order valence-electron chi connectivity index (χ0n) is 16.6. The Morgan fingerprint density at radius 3 is 2.45 bits per heavy atom. The zero-order chi connectivity index (χ0) is 20.5. The van der Waals surface area contributed by atoms with Gasteiger partial charge in [0.05, 0.1) is 22.5 Å². The smallest absolute Gasteiger partial charge is 0.256 e. The molecule has 1 aromatic heterocycles. The van der Waals surface area contributed by atoms with Crippen molar-refractivity contribution in [2.45, 2.75) is 20.8 Å². The fraction of sp³-hybridized carbons (Fsp3) is 0.120. The van der Waals surface area contributed by atoms with Gasteiger partial charge in [-0.05, 0) is 68.3 Å². The summed E-state index contributed by atoms with van der Waals surface area (Å²) in [7, 11) is 0. The number of para-hydroxylation sites is 1. The van der Waals surface area contributed by atoms with Gasteiger partial charge in [-0.25, -0.2) is 9.37 Å². The maximum absolute atomic E-state index is 14.0. The molecule has 1 amide bonds. The van der Waals surface area contributed by atoms with Crippen LogP contribution in [0.4, 0.5) is 10.1 Å². The minimum atomic E-state index is -0.468. The van der Waals surface area contributed by atoms with Gasteiger partial charge in [0.1, 0.15) is 5.82 Å². The van der Waals surface area contributed by atoms with Crippen LogP contribution in [0.15, 0.2) is 66.7 Å². The third-order valence-electron chi connectivity index (χ3n) is 5.13. The number of halogens is 1. The lowest BCUT2D eigenvalue weighted by Gasteiger charge is -2.12. The van der Waals surface area contributed by atoms with Crippen molar-refractivity contribution in [2.75, 3.05) is 5.32 Å². The Kier molecular flexibility index (Phi) is 4.85. The molecule has 0 atom stereocenters. The minimum Gasteiger partial charge on any atom is -0.319 e. The second-order valence-electron chi connectivity index (χ2n) is 7.31. The monoisotopic (exact) mass is 384 g/mol. The Bertz CT molecular complexity index is 1250. The number of pyridine rings is 1. The van der Waals surface area contributed by atoms with Gasteiger partial charge in [0.2, 0.25) is 0 Å². The number of nitrogens with one attached hydrogen (secondary N) is 1. The Hall–Kier alpha value is -3.53. The van der Waals surface area contributed by atoms with E-state index in [-0.39, 0.29) is 11.6 Å². The lowest BCUT2D eigenvalue weighted by atomic mass is 9.99. The highest BCUT2D eigenvalue weighted by Crippen LogP contribution is 2.28. The van der Waals surface area contributed by atoms with Gasteiger partial charge in [0, 0.05) is 10.9 Å². The van der Waals surface area contributed by atoms with E-state index >= 15 is 0 Å². The summed E-state index contributed by atoms with van der Waals surface area (Å²) < 4.78 is 14.0. The van der Waals surface area contributed by atoms with E-state index in [1.165, 1.54) is 11.6 Å². The standard InChI is InChI=1S/C25H21FN2O/c1-15-8-11-22-19(12-15)20(25(29)28-23-7-5-4-6-21(23)26)14-24(27-22)18-10-9-16(2)17(3)13-18/h4-14H,1-3H3,(H,28,29). The summed E-state index contributed by atoms with van der Waals surface area (Å²) in [4.78, 5) is 17.9. The number of hydrogen-bond acceptors (Lipinski definition) is 2. The molecule has 1 heterocycles. The first-order chi connectivity index (χ1) is 13.9. The molecule has 0 aliphatic carbocycles. The summed E-state index contributed by atoms with van der Waals surface area (Å²) in [6.07, 6.45) is 0. The predicted octanol–water partition coefficient (Wildman–Crippen LogP) is 6.22. The van der Waals surface area contributed by atoms with Crippen LogP contribution in [0.1, 0.15) is 27.0 Å². The molecule has 4 heteroatoms. The SMILES string of the molecule is Cc1ccc2nc(-c3ccc(C)c(C)c3)cc(C(=O)Nc3ccccc3F)c2c1. The van der Waals surface area contributed by atoms with Crippen molar-refractivity contribution in [2.24, 2.45) is 0 Å². The van der Waals surface area contributed by atoms with E-state index < -0.39 is 5.82 Å². The normalized spacial score (nSPS) is 10.9. The van der Waals surface area contributed by atoms with Crippen molar-refractivity contribution in [3.05, 3.63) is 94.8 Å². The lowest BCUT2D eigenvalue weighted by molar-refractivity contribution is 0.102. The second-order valence-corrected chi connectivity index (χ2v) is 7.31. The number of aromatic nitrogens is 1. The summed E-state index contributed by atoms with van der Waals surface area (Å²) in [5.41, 5.74) is 6.38. The molecule has 4 rings (SSSR count). The number of rotatable bonds is 3. The number of anilines is 1. The van der Waals surface area contributed by atoms with E-state index in [0.29, 0.717) is 11.3 Å². The highest BCUT2D eigenvalue weighted by molar-refractivity contribution is 6.13. The van der Waals surface area contributed by atoms with E-state index in [9.17, 15) is 9.18 Å². The molecule has 0 saturated heterocycles. The molecule has 144 valence electrons. The van der Waals surface area contributed by atoms with Crippen molar-refractivity contribution < 1.29 is 9.18 Å². The summed E-state index contributed by atoms with van der Waals surface area (Å²) in [6.45, 7) is 6.08. The van der Waals surface area contributed by atoms with E-state index in [1.54, 1.807) is 24.3 Å². The summed E-state index contributed by atoms with van der Waals surface area (Å²) in [5, 5.41) is 3.44. The predicted molar refractivity (Wildman–Crippen MR) is 116 cm³/mol. The summed E-state index contributed by atoms with van der Waals surface area (Å²) in [6, 6.07) is 19.9. The molecule has 4 aromatic rings. The quantitative estimate of drug-likeness (QED) is 0.456. The van der Waals surface area contributed by atoms with Crippen LogP contribution in [0.2, 0.25) is 0 Å². The first kappa shape index (κ1) is 18.8. The summed E-state index contributed by atoms with van der Waals surface area (Å²) in [5.74, 6) is -0.831. The van der Waals surface area contributed by atoms with Gasteiger partial charge < -0.3 is 5.32 Å². The number of carbonyl (C=O) groups excluding carboxylic acids is 1. The first-order valence-electron chi connectivity index (χ1n) is 9.47.